The Labute approximate surface area is 149 Å². The molecule has 0 bridgehead atoms. The molecule has 0 unspecified atom stereocenters. The van der Waals surface area contributed by atoms with E-state index in [0.29, 0.717) is 36.3 Å². The van der Waals surface area contributed by atoms with E-state index in [1.165, 1.54) is 10.7 Å². The van der Waals surface area contributed by atoms with Gasteiger partial charge in [0, 0.05) is 24.6 Å². The van der Waals surface area contributed by atoms with Gasteiger partial charge in [0.25, 0.3) is 11.5 Å². The minimum absolute atomic E-state index is 0.121. The molecular weight excluding hydrogens is 338 g/mol. The molecule has 0 spiro atoms. The number of amides is 1. The Hall–Kier alpha value is -3.03. The first kappa shape index (κ1) is 16.4. The summed E-state index contributed by atoms with van der Waals surface area (Å²) < 4.78 is 17.3. The fraction of sp³-hybridized carbons (Fsp3) is 0.389. The fourth-order valence-corrected chi connectivity index (χ4v) is 2.69. The van der Waals surface area contributed by atoms with Crippen LogP contribution in [0.1, 0.15) is 24.5 Å². The van der Waals surface area contributed by atoms with Crippen molar-refractivity contribution in [2.75, 3.05) is 19.9 Å². The average Bonchev–Trinajstić information content (AvgIpc) is 3.39. The highest BCUT2D eigenvalue weighted by Gasteiger charge is 2.25. The topological polar surface area (TPSA) is 91.7 Å². The lowest BCUT2D eigenvalue weighted by molar-refractivity contribution is -0.123. The van der Waals surface area contributed by atoms with Crippen LogP contribution >= 0.6 is 0 Å². The molecule has 8 heteroatoms. The van der Waals surface area contributed by atoms with Crippen LogP contribution in [0.4, 0.5) is 0 Å². The minimum atomic E-state index is -0.269. The lowest BCUT2D eigenvalue weighted by atomic mass is 10.3. The van der Waals surface area contributed by atoms with Crippen molar-refractivity contribution in [3.63, 3.8) is 0 Å². The molecule has 1 amide bonds. The van der Waals surface area contributed by atoms with Gasteiger partial charge in [-0.2, -0.15) is 5.10 Å². The molecule has 1 aliphatic carbocycles. The van der Waals surface area contributed by atoms with Crippen LogP contribution in [0.15, 0.2) is 35.1 Å². The number of fused-ring (bicyclic) bond motifs is 1. The van der Waals surface area contributed by atoms with Crippen LogP contribution in [0.2, 0.25) is 0 Å². The zero-order chi connectivity index (χ0) is 17.9. The lowest BCUT2D eigenvalue weighted by Crippen LogP contribution is -2.34. The summed E-state index contributed by atoms with van der Waals surface area (Å²) in [4.78, 5) is 23.7. The van der Waals surface area contributed by atoms with Gasteiger partial charge in [0.1, 0.15) is 5.75 Å². The summed E-state index contributed by atoms with van der Waals surface area (Å²) in [5.74, 6) is 2.00. The van der Waals surface area contributed by atoms with Gasteiger partial charge in [-0.1, -0.05) is 0 Å². The summed E-state index contributed by atoms with van der Waals surface area (Å²) in [6, 6.07) is 8.45. The van der Waals surface area contributed by atoms with E-state index in [2.05, 4.69) is 10.4 Å². The van der Waals surface area contributed by atoms with Gasteiger partial charge in [-0.05, 0) is 31.0 Å². The van der Waals surface area contributed by atoms with Crippen LogP contribution in [-0.4, -0.2) is 35.6 Å². The molecule has 2 heterocycles. The third-order valence-corrected chi connectivity index (χ3v) is 4.24. The second-order valence-electron chi connectivity index (χ2n) is 6.25. The number of aromatic nitrogens is 2. The van der Waals surface area contributed by atoms with E-state index in [-0.39, 0.29) is 24.9 Å². The van der Waals surface area contributed by atoms with Crippen molar-refractivity contribution in [3.05, 3.63) is 46.4 Å². The van der Waals surface area contributed by atoms with Crippen LogP contribution in [0.5, 0.6) is 17.2 Å². The number of nitrogens with zero attached hydrogens (tertiary/aromatic N) is 2. The Morgan fingerprint density at radius 2 is 2.08 bits per heavy atom. The van der Waals surface area contributed by atoms with Gasteiger partial charge in [-0.15, -0.1) is 0 Å². The number of carbonyl (C=O) groups is 1. The van der Waals surface area contributed by atoms with E-state index in [0.717, 1.165) is 18.5 Å². The molecule has 26 heavy (non-hydrogen) atoms. The van der Waals surface area contributed by atoms with Gasteiger partial charge >= 0.3 is 0 Å². The maximum absolute atomic E-state index is 11.9. The molecule has 1 aromatic heterocycles. The summed E-state index contributed by atoms with van der Waals surface area (Å²) in [5, 5.41) is 7.08. The third-order valence-electron chi connectivity index (χ3n) is 4.24. The Bertz CT molecular complexity index is 875. The summed E-state index contributed by atoms with van der Waals surface area (Å²) in [6.45, 7) is 0.707. The lowest BCUT2D eigenvalue weighted by Gasteiger charge is -2.09. The number of nitrogens with one attached hydrogen (secondary N) is 1. The van der Waals surface area contributed by atoms with Crippen LogP contribution in [0.25, 0.3) is 0 Å². The molecule has 8 nitrogen and oxygen atoms in total. The van der Waals surface area contributed by atoms with Gasteiger partial charge in [-0.3, -0.25) is 9.59 Å². The van der Waals surface area contributed by atoms with Crippen molar-refractivity contribution in [1.29, 1.82) is 0 Å². The molecule has 2 aliphatic rings. The third kappa shape index (κ3) is 3.79. The standard InChI is InChI=1S/C18H19N3O5/c22-17(10-24-13-3-5-15-16(9-13)26-11-25-15)19-7-8-21-18(23)6-4-14(20-21)12-1-2-12/h3-6,9,12H,1-2,7-8,10-11H2,(H,19,22). The van der Waals surface area contributed by atoms with E-state index >= 15 is 0 Å². The monoisotopic (exact) mass is 357 g/mol. The highest BCUT2D eigenvalue weighted by Crippen LogP contribution is 2.38. The van der Waals surface area contributed by atoms with E-state index in [1.54, 1.807) is 24.3 Å². The zero-order valence-corrected chi connectivity index (χ0v) is 14.1. The van der Waals surface area contributed by atoms with Crippen LogP contribution in [0.3, 0.4) is 0 Å². The summed E-state index contributed by atoms with van der Waals surface area (Å²) >= 11 is 0. The summed E-state index contributed by atoms with van der Waals surface area (Å²) in [6.07, 6.45) is 2.25. The molecule has 1 saturated carbocycles. The average molecular weight is 357 g/mol. The maximum atomic E-state index is 11.9. The Balaban J connectivity index is 1.24. The maximum Gasteiger partial charge on any atom is 0.266 e. The largest absolute Gasteiger partial charge is 0.484 e. The zero-order valence-electron chi connectivity index (χ0n) is 14.1. The number of ether oxygens (including phenoxy) is 3. The SMILES string of the molecule is O=C(COc1ccc2c(c1)OCO2)NCCn1nc(C2CC2)ccc1=O. The number of rotatable bonds is 7. The number of hydrogen-bond acceptors (Lipinski definition) is 6. The Kier molecular flexibility index (Phi) is 4.47. The molecule has 1 aliphatic heterocycles. The number of benzene rings is 1. The van der Waals surface area contributed by atoms with Gasteiger partial charge in [0.15, 0.2) is 18.1 Å². The van der Waals surface area contributed by atoms with Crippen LogP contribution in [-0.2, 0) is 11.3 Å². The molecule has 0 atom stereocenters. The van der Waals surface area contributed by atoms with Gasteiger partial charge < -0.3 is 19.5 Å². The van der Waals surface area contributed by atoms with Crippen LogP contribution < -0.4 is 25.1 Å². The van der Waals surface area contributed by atoms with Crippen molar-refractivity contribution in [2.45, 2.75) is 25.3 Å². The van der Waals surface area contributed by atoms with Gasteiger partial charge in [0.2, 0.25) is 6.79 Å². The van der Waals surface area contributed by atoms with E-state index in [9.17, 15) is 9.59 Å². The molecule has 0 saturated heterocycles. The smallest absolute Gasteiger partial charge is 0.266 e. The molecular formula is C18H19N3O5. The Morgan fingerprint density at radius 3 is 2.92 bits per heavy atom. The molecule has 136 valence electrons. The van der Waals surface area contributed by atoms with E-state index < -0.39 is 0 Å². The summed E-state index contributed by atoms with van der Waals surface area (Å²) in [5.41, 5.74) is 0.780. The molecule has 1 N–H and O–H groups in total. The van der Waals surface area contributed by atoms with Crippen LogP contribution in [0, 0.1) is 0 Å². The molecule has 4 rings (SSSR count). The van der Waals surface area contributed by atoms with Crippen molar-refractivity contribution < 1.29 is 19.0 Å². The van der Waals surface area contributed by atoms with E-state index in [1.807, 2.05) is 0 Å². The first-order valence-electron chi connectivity index (χ1n) is 8.56. The Morgan fingerprint density at radius 1 is 1.23 bits per heavy atom. The molecule has 0 radical (unpaired) electrons. The highest BCUT2D eigenvalue weighted by molar-refractivity contribution is 5.77. The second-order valence-corrected chi connectivity index (χ2v) is 6.25. The number of carbonyl (C=O) groups excluding carboxylic acids is 1. The van der Waals surface area contributed by atoms with Gasteiger partial charge in [-0.25, -0.2) is 4.68 Å². The quantitative estimate of drug-likeness (QED) is 0.796. The summed E-state index contributed by atoms with van der Waals surface area (Å²) in [7, 11) is 0. The van der Waals surface area contributed by atoms with Crippen molar-refractivity contribution in [3.8, 4) is 17.2 Å². The molecule has 1 fully saturated rings. The predicted octanol–water partition coefficient (Wildman–Crippen LogP) is 1.04. The first-order chi connectivity index (χ1) is 12.7. The minimum Gasteiger partial charge on any atom is -0.484 e. The first-order valence-corrected chi connectivity index (χ1v) is 8.56. The predicted molar refractivity (Wildman–Crippen MR) is 91.5 cm³/mol. The number of hydrogen-bond donors (Lipinski definition) is 1. The second kappa shape index (κ2) is 7.07. The normalized spacial score (nSPS) is 14.9. The van der Waals surface area contributed by atoms with Crippen molar-refractivity contribution in [1.82, 2.24) is 15.1 Å². The molecule has 1 aromatic carbocycles. The van der Waals surface area contributed by atoms with Crippen molar-refractivity contribution >= 4 is 5.91 Å². The highest BCUT2D eigenvalue weighted by atomic mass is 16.7. The fourth-order valence-electron chi connectivity index (χ4n) is 2.69. The van der Waals surface area contributed by atoms with Gasteiger partial charge in [0.05, 0.1) is 12.2 Å². The molecule has 2 aromatic rings. The van der Waals surface area contributed by atoms with Crippen molar-refractivity contribution in [2.24, 2.45) is 0 Å². The van der Waals surface area contributed by atoms with E-state index in [4.69, 9.17) is 14.2 Å².